The second kappa shape index (κ2) is 3.96. The first-order chi connectivity index (χ1) is 7.54. The molecular formula is C10H8Cl2N2O2. The molecule has 0 aliphatic heterocycles. The summed E-state index contributed by atoms with van der Waals surface area (Å²) in [5, 5.41) is 10.1. The fourth-order valence-electron chi connectivity index (χ4n) is 1.45. The highest BCUT2D eigenvalue weighted by Gasteiger charge is 2.14. The Kier molecular flexibility index (Phi) is 2.78. The highest BCUT2D eigenvalue weighted by molar-refractivity contribution is 6.39. The van der Waals surface area contributed by atoms with Crippen LogP contribution in [0.2, 0.25) is 10.0 Å². The zero-order valence-corrected chi connectivity index (χ0v) is 9.85. The number of phenolic OH excluding ortho intramolecular Hbond substituents is 1. The standard InChI is InChI=1S/C10H8Cl2N2O2/c1-2-6-13-8-7(10(16)14-6)4(11)3-5(12)9(8)15/h3,15H,2H2,1H3,(H,13,14,16). The summed E-state index contributed by atoms with van der Waals surface area (Å²) >= 11 is 11.6. The maximum Gasteiger partial charge on any atom is 0.260 e. The van der Waals surface area contributed by atoms with E-state index in [4.69, 9.17) is 23.2 Å². The SMILES string of the molecule is CCc1nc2c(O)c(Cl)cc(Cl)c2c(=O)[nH]1. The Labute approximate surface area is 101 Å². The van der Waals surface area contributed by atoms with E-state index in [1.165, 1.54) is 6.07 Å². The molecule has 0 saturated heterocycles. The number of phenols is 1. The summed E-state index contributed by atoms with van der Waals surface area (Å²) in [5.74, 6) is 0.257. The van der Waals surface area contributed by atoms with Gasteiger partial charge in [-0.15, -0.1) is 0 Å². The minimum absolute atomic E-state index is 0.0812. The van der Waals surface area contributed by atoms with Gasteiger partial charge in [-0.05, 0) is 6.07 Å². The van der Waals surface area contributed by atoms with Crippen LogP contribution < -0.4 is 5.56 Å². The molecule has 0 aliphatic carbocycles. The van der Waals surface area contributed by atoms with Gasteiger partial charge in [-0.1, -0.05) is 30.1 Å². The van der Waals surface area contributed by atoms with Gasteiger partial charge in [0.2, 0.25) is 0 Å². The van der Waals surface area contributed by atoms with Crippen molar-refractivity contribution in [2.24, 2.45) is 0 Å². The normalized spacial score (nSPS) is 10.9. The van der Waals surface area contributed by atoms with E-state index >= 15 is 0 Å². The van der Waals surface area contributed by atoms with Crippen LogP contribution in [0.1, 0.15) is 12.7 Å². The van der Waals surface area contributed by atoms with Crippen molar-refractivity contribution in [1.82, 2.24) is 9.97 Å². The maximum atomic E-state index is 11.7. The number of H-pyrrole nitrogens is 1. The Balaban J connectivity index is 3.00. The van der Waals surface area contributed by atoms with Gasteiger partial charge in [0.1, 0.15) is 11.3 Å². The van der Waals surface area contributed by atoms with Crippen molar-refractivity contribution in [3.63, 3.8) is 0 Å². The first kappa shape index (κ1) is 11.2. The molecule has 0 radical (unpaired) electrons. The molecule has 84 valence electrons. The predicted octanol–water partition coefficient (Wildman–Crippen LogP) is 2.50. The number of aromatic nitrogens is 2. The van der Waals surface area contributed by atoms with Gasteiger partial charge >= 0.3 is 0 Å². The number of rotatable bonds is 1. The van der Waals surface area contributed by atoms with Gasteiger partial charge < -0.3 is 10.1 Å². The van der Waals surface area contributed by atoms with Crippen LogP contribution in [0.5, 0.6) is 5.75 Å². The van der Waals surface area contributed by atoms with Crippen molar-refractivity contribution in [1.29, 1.82) is 0 Å². The molecular weight excluding hydrogens is 251 g/mol. The third-order valence-electron chi connectivity index (χ3n) is 2.25. The lowest BCUT2D eigenvalue weighted by Gasteiger charge is -2.05. The third-order valence-corrected chi connectivity index (χ3v) is 2.83. The van der Waals surface area contributed by atoms with E-state index in [0.29, 0.717) is 12.2 Å². The van der Waals surface area contributed by atoms with Gasteiger partial charge in [0.15, 0.2) is 5.75 Å². The molecule has 1 aromatic heterocycles. The molecule has 16 heavy (non-hydrogen) atoms. The summed E-state index contributed by atoms with van der Waals surface area (Å²) in [6.07, 6.45) is 0.550. The first-order valence-corrected chi connectivity index (χ1v) is 5.40. The molecule has 2 aromatic rings. The lowest BCUT2D eigenvalue weighted by atomic mass is 10.2. The number of aromatic amines is 1. The van der Waals surface area contributed by atoms with Crippen LogP contribution in [0, 0.1) is 0 Å². The minimum atomic E-state index is -0.376. The van der Waals surface area contributed by atoms with E-state index in [2.05, 4.69) is 9.97 Å². The summed E-state index contributed by atoms with van der Waals surface area (Å²) < 4.78 is 0. The fraction of sp³-hybridized carbons (Fsp3) is 0.200. The first-order valence-electron chi connectivity index (χ1n) is 4.64. The van der Waals surface area contributed by atoms with Crippen molar-refractivity contribution >= 4 is 34.1 Å². The molecule has 0 bridgehead atoms. The van der Waals surface area contributed by atoms with Crippen LogP contribution in [0.3, 0.4) is 0 Å². The summed E-state index contributed by atoms with van der Waals surface area (Å²) in [4.78, 5) is 18.4. The molecule has 1 aromatic carbocycles. The van der Waals surface area contributed by atoms with Crippen LogP contribution in [-0.4, -0.2) is 15.1 Å². The maximum absolute atomic E-state index is 11.7. The van der Waals surface area contributed by atoms with E-state index in [-0.39, 0.29) is 32.3 Å². The molecule has 0 unspecified atom stereocenters. The van der Waals surface area contributed by atoms with Gasteiger partial charge in [0.25, 0.3) is 5.56 Å². The molecule has 0 atom stereocenters. The van der Waals surface area contributed by atoms with Gasteiger partial charge in [-0.2, -0.15) is 0 Å². The van der Waals surface area contributed by atoms with E-state index in [9.17, 15) is 9.90 Å². The van der Waals surface area contributed by atoms with Crippen LogP contribution in [0.15, 0.2) is 10.9 Å². The van der Waals surface area contributed by atoms with E-state index < -0.39 is 0 Å². The van der Waals surface area contributed by atoms with Gasteiger partial charge in [-0.25, -0.2) is 4.98 Å². The number of benzene rings is 1. The second-order valence-electron chi connectivity index (χ2n) is 3.28. The second-order valence-corrected chi connectivity index (χ2v) is 4.09. The molecule has 0 aliphatic rings. The number of nitrogens with one attached hydrogen (secondary N) is 1. The summed E-state index contributed by atoms with van der Waals surface area (Å²) in [7, 11) is 0. The van der Waals surface area contributed by atoms with Gasteiger partial charge in [-0.3, -0.25) is 4.79 Å². The molecule has 0 amide bonds. The number of fused-ring (bicyclic) bond motifs is 1. The number of hydrogen-bond donors (Lipinski definition) is 2. The van der Waals surface area contributed by atoms with Crippen molar-refractivity contribution in [3.8, 4) is 5.75 Å². The lowest BCUT2D eigenvalue weighted by molar-refractivity contribution is 0.480. The van der Waals surface area contributed by atoms with E-state index in [0.717, 1.165) is 0 Å². The van der Waals surface area contributed by atoms with Gasteiger partial charge in [0, 0.05) is 6.42 Å². The topological polar surface area (TPSA) is 66.0 Å². The zero-order valence-electron chi connectivity index (χ0n) is 8.34. The van der Waals surface area contributed by atoms with E-state index in [1.54, 1.807) is 0 Å². The highest BCUT2D eigenvalue weighted by atomic mass is 35.5. The predicted molar refractivity (Wildman–Crippen MR) is 63.4 cm³/mol. The monoisotopic (exact) mass is 258 g/mol. The average molecular weight is 259 g/mol. The van der Waals surface area contributed by atoms with Crippen molar-refractivity contribution < 1.29 is 5.11 Å². The number of halogens is 2. The Morgan fingerprint density at radius 3 is 2.75 bits per heavy atom. The average Bonchev–Trinajstić information content (AvgIpc) is 2.24. The summed E-state index contributed by atoms with van der Waals surface area (Å²) in [5.41, 5.74) is -0.239. The van der Waals surface area contributed by atoms with Crippen LogP contribution in [0.4, 0.5) is 0 Å². The molecule has 4 nitrogen and oxygen atoms in total. The number of hydrogen-bond acceptors (Lipinski definition) is 3. The lowest BCUT2D eigenvalue weighted by Crippen LogP contribution is -2.11. The molecule has 2 N–H and O–H groups in total. The summed E-state index contributed by atoms with van der Waals surface area (Å²) in [6, 6.07) is 1.32. The van der Waals surface area contributed by atoms with E-state index in [1.807, 2.05) is 6.92 Å². The zero-order chi connectivity index (χ0) is 11.9. The molecule has 0 spiro atoms. The highest BCUT2D eigenvalue weighted by Crippen LogP contribution is 2.34. The number of aromatic hydroxyl groups is 1. The van der Waals surface area contributed by atoms with Crippen LogP contribution in [0.25, 0.3) is 10.9 Å². The Hall–Kier alpha value is -1.26. The molecule has 0 saturated carbocycles. The molecule has 2 rings (SSSR count). The Morgan fingerprint density at radius 2 is 2.12 bits per heavy atom. The largest absolute Gasteiger partial charge is 0.504 e. The van der Waals surface area contributed by atoms with Crippen molar-refractivity contribution in [2.75, 3.05) is 0 Å². The summed E-state index contributed by atoms with van der Waals surface area (Å²) in [6.45, 7) is 1.84. The minimum Gasteiger partial charge on any atom is -0.504 e. The van der Waals surface area contributed by atoms with Gasteiger partial charge in [0.05, 0.1) is 15.4 Å². The molecule has 0 fully saturated rings. The Morgan fingerprint density at radius 1 is 1.44 bits per heavy atom. The Bertz CT molecular complexity index is 622. The third kappa shape index (κ3) is 1.64. The molecule has 1 heterocycles. The van der Waals surface area contributed by atoms with Crippen LogP contribution >= 0.6 is 23.2 Å². The smallest absolute Gasteiger partial charge is 0.260 e. The number of aryl methyl sites for hydroxylation is 1. The van der Waals surface area contributed by atoms with Crippen LogP contribution in [-0.2, 0) is 6.42 Å². The fourth-order valence-corrected chi connectivity index (χ4v) is 1.98. The van der Waals surface area contributed by atoms with Crippen molar-refractivity contribution in [2.45, 2.75) is 13.3 Å². The quantitative estimate of drug-likeness (QED) is 0.826. The number of nitrogens with zero attached hydrogens (tertiary/aromatic N) is 1. The molecule has 6 heteroatoms. The van der Waals surface area contributed by atoms with Crippen molar-refractivity contribution in [3.05, 3.63) is 32.3 Å².